The van der Waals surface area contributed by atoms with Gasteiger partial charge in [-0.1, -0.05) is 26.0 Å². The highest BCUT2D eigenvalue weighted by atomic mass is 16.5. The molecule has 1 rings (SSSR count). The lowest BCUT2D eigenvalue weighted by molar-refractivity contribution is -0.139. The van der Waals surface area contributed by atoms with Crippen molar-refractivity contribution in [2.45, 2.75) is 19.9 Å². The minimum absolute atomic E-state index is 0.471. The number of hydrogen-bond donors (Lipinski definition) is 2. The Bertz CT molecular complexity index is 359. The summed E-state index contributed by atoms with van der Waals surface area (Å²) in [7, 11) is 1.63. The molecule has 0 aliphatic rings. The molecule has 0 aromatic heterocycles. The van der Waals surface area contributed by atoms with Crippen LogP contribution < -0.4 is 10.1 Å². The second kappa shape index (κ2) is 6.25. The molecule has 0 saturated carbocycles. The number of aliphatic carboxylic acids is 1. The van der Waals surface area contributed by atoms with E-state index >= 15 is 0 Å². The van der Waals surface area contributed by atoms with Gasteiger partial charge in [-0.3, -0.25) is 4.79 Å². The fraction of sp³-hybridized carbons (Fsp3) is 0.462. The van der Waals surface area contributed by atoms with E-state index in [1.54, 1.807) is 31.3 Å². The minimum atomic E-state index is -0.886. The highest BCUT2D eigenvalue weighted by Gasteiger charge is 2.16. The number of carboxylic acids is 1. The molecular weight excluding hydrogens is 218 g/mol. The van der Waals surface area contributed by atoms with Crippen molar-refractivity contribution in [2.24, 2.45) is 5.92 Å². The standard InChI is InChI=1S/C13H19NO3/c1-9(2)8-17-11-6-4-10(5-7-11)12(14-3)13(15)16/h4-7,9,12,14H,8H2,1-3H3,(H,15,16). The van der Waals surface area contributed by atoms with E-state index in [1.165, 1.54) is 0 Å². The maximum atomic E-state index is 10.9. The van der Waals surface area contributed by atoms with Crippen molar-refractivity contribution in [1.29, 1.82) is 0 Å². The number of hydrogen-bond acceptors (Lipinski definition) is 3. The molecule has 0 fully saturated rings. The number of carboxylic acid groups (broad SMARTS) is 1. The first-order valence-corrected chi connectivity index (χ1v) is 5.67. The van der Waals surface area contributed by atoms with Gasteiger partial charge < -0.3 is 15.2 Å². The number of ether oxygens (including phenoxy) is 1. The summed E-state index contributed by atoms with van der Waals surface area (Å²) in [6.07, 6.45) is 0. The summed E-state index contributed by atoms with van der Waals surface area (Å²) in [6.45, 7) is 4.82. The summed E-state index contributed by atoms with van der Waals surface area (Å²) in [6, 6.07) is 6.46. The number of nitrogens with one attached hydrogen (secondary N) is 1. The van der Waals surface area contributed by atoms with Gasteiger partial charge in [0.25, 0.3) is 0 Å². The molecule has 17 heavy (non-hydrogen) atoms. The third-order valence-electron chi connectivity index (χ3n) is 2.33. The normalized spacial score (nSPS) is 12.5. The topological polar surface area (TPSA) is 58.6 Å². The smallest absolute Gasteiger partial charge is 0.325 e. The summed E-state index contributed by atoms with van der Waals surface area (Å²) in [5, 5.41) is 11.7. The van der Waals surface area contributed by atoms with Crippen LogP contribution in [-0.2, 0) is 4.79 Å². The van der Waals surface area contributed by atoms with Crippen molar-refractivity contribution < 1.29 is 14.6 Å². The molecule has 1 atom stereocenters. The van der Waals surface area contributed by atoms with Gasteiger partial charge in [0.1, 0.15) is 11.8 Å². The van der Waals surface area contributed by atoms with E-state index in [4.69, 9.17) is 9.84 Å². The molecule has 4 heteroatoms. The number of carbonyl (C=O) groups is 1. The van der Waals surface area contributed by atoms with Gasteiger partial charge in [0.05, 0.1) is 6.61 Å². The summed E-state index contributed by atoms with van der Waals surface area (Å²) < 4.78 is 5.53. The first-order chi connectivity index (χ1) is 8.04. The maximum Gasteiger partial charge on any atom is 0.325 e. The molecule has 0 amide bonds. The molecule has 0 spiro atoms. The van der Waals surface area contributed by atoms with Gasteiger partial charge in [-0.05, 0) is 30.7 Å². The Morgan fingerprint density at radius 3 is 2.35 bits per heavy atom. The van der Waals surface area contributed by atoms with Crippen LogP contribution in [0.1, 0.15) is 25.5 Å². The third-order valence-corrected chi connectivity index (χ3v) is 2.33. The van der Waals surface area contributed by atoms with Crippen molar-refractivity contribution in [1.82, 2.24) is 5.32 Å². The van der Waals surface area contributed by atoms with Gasteiger partial charge in [-0.15, -0.1) is 0 Å². The first kappa shape index (κ1) is 13.5. The van der Waals surface area contributed by atoms with Gasteiger partial charge in [0.2, 0.25) is 0 Å². The van der Waals surface area contributed by atoms with Crippen LogP contribution in [0.2, 0.25) is 0 Å². The lowest BCUT2D eigenvalue weighted by Gasteiger charge is -2.13. The second-order valence-corrected chi connectivity index (χ2v) is 4.33. The van der Waals surface area contributed by atoms with Crippen LogP contribution in [0.4, 0.5) is 0 Å². The van der Waals surface area contributed by atoms with Crippen LogP contribution in [0.25, 0.3) is 0 Å². The van der Waals surface area contributed by atoms with Gasteiger partial charge in [-0.2, -0.15) is 0 Å². The Labute approximate surface area is 102 Å². The summed E-state index contributed by atoms with van der Waals surface area (Å²) >= 11 is 0. The number of likely N-dealkylation sites (N-methyl/N-ethyl adjacent to an activating group) is 1. The van der Waals surface area contributed by atoms with Crippen LogP contribution in [0, 0.1) is 5.92 Å². The SMILES string of the molecule is CNC(C(=O)O)c1ccc(OCC(C)C)cc1. The highest BCUT2D eigenvalue weighted by Crippen LogP contribution is 2.18. The third kappa shape index (κ3) is 4.07. The van der Waals surface area contributed by atoms with Gasteiger partial charge in [0, 0.05) is 0 Å². The largest absolute Gasteiger partial charge is 0.493 e. The fourth-order valence-corrected chi connectivity index (χ4v) is 1.45. The van der Waals surface area contributed by atoms with Crippen molar-refractivity contribution in [3.63, 3.8) is 0 Å². The van der Waals surface area contributed by atoms with Crippen molar-refractivity contribution in [2.75, 3.05) is 13.7 Å². The zero-order chi connectivity index (χ0) is 12.8. The van der Waals surface area contributed by atoms with E-state index in [-0.39, 0.29) is 0 Å². The Balaban J connectivity index is 2.70. The molecule has 4 nitrogen and oxygen atoms in total. The predicted molar refractivity (Wildman–Crippen MR) is 66.2 cm³/mol. The van der Waals surface area contributed by atoms with Crippen molar-refractivity contribution in [3.8, 4) is 5.75 Å². The number of benzene rings is 1. The van der Waals surface area contributed by atoms with Crippen LogP contribution in [0.3, 0.4) is 0 Å². The van der Waals surface area contributed by atoms with E-state index < -0.39 is 12.0 Å². The first-order valence-electron chi connectivity index (χ1n) is 5.67. The van der Waals surface area contributed by atoms with Crippen LogP contribution in [0.15, 0.2) is 24.3 Å². The predicted octanol–water partition coefficient (Wildman–Crippen LogP) is 2.07. The molecule has 0 aliphatic carbocycles. The van der Waals surface area contributed by atoms with Gasteiger partial charge in [0.15, 0.2) is 0 Å². The van der Waals surface area contributed by atoms with Crippen LogP contribution >= 0.6 is 0 Å². The van der Waals surface area contributed by atoms with E-state index in [2.05, 4.69) is 19.2 Å². The zero-order valence-corrected chi connectivity index (χ0v) is 10.4. The molecule has 0 saturated heterocycles. The van der Waals surface area contributed by atoms with Crippen molar-refractivity contribution >= 4 is 5.97 Å². The molecule has 0 bridgehead atoms. The van der Waals surface area contributed by atoms with E-state index in [0.29, 0.717) is 12.5 Å². The quantitative estimate of drug-likeness (QED) is 0.795. The fourth-order valence-electron chi connectivity index (χ4n) is 1.45. The van der Waals surface area contributed by atoms with Crippen LogP contribution in [-0.4, -0.2) is 24.7 Å². The average Bonchev–Trinajstić information content (AvgIpc) is 2.28. The minimum Gasteiger partial charge on any atom is -0.493 e. The lowest BCUT2D eigenvalue weighted by atomic mass is 10.1. The van der Waals surface area contributed by atoms with E-state index in [1.807, 2.05) is 0 Å². The van der Waals surface area contributed by atoms with Crippen LogP contribution in [0.5, 0.6) is 5.75 Å². The monoisotopic (exact) mass is 237 g/mol. The summed E-state index contributed by atoms with van der Waals surface area (Å²) in [5.74, 6) is 0.352. The summed E-state index contributed by atoms with van der Waals surface area (Å²) in [5.41, 5.74) is 0.719. The molecule has 2 N–H and O–H groups in total. The van der Waals surface area contributed by atoms with E-state index in [9.17, 15) is 4.79 Å². The molecule has 0 radical (unpaired) electrons. The highest BCUT2D eigenvalue weighted by molar-refractivity contribution is 5.75. The van der Waals surface area contributed by atoms with Gasteiger partial charge in [-0.25, -0.2) is 0 Å². The molecular formula is C13H19NO3. The average molecular weight is 237 g/mol. The Kier molecular flexibility index (Phi) is 4.97. The Hall–Kier alpha value is -1.55. The molecule has 0 heterocycles. The second-order valence-electron chi connectivity index (χ2n) is 4.33. The van der Waals surface area contributed by atoms with E-state index in [0.717, 1.165) is 11.3 Å². The van der Waals surface area contributed by atoms with Gasteiger partial charge >= 0.3 is 5.97 Å². The van der Waals surface area contributed by atoms with Crippen molar-refractivity contribution in [3.05, 3.63) is 29.8 Å². The number of rotatable bonds is 6. The molecule has 1 aromatic carbocycles. The zero-order valence-electron chi connectivity index (χ0n) is 10.4. The molecule has 0 aliphatic heterocycles. The molecule has 1 unspecified atom stereocenters. The Morgan fingerprint density at radius 1 is 1.35 bits per heavy atom. The lowest BCUT2D eigenvalue weighted by Crippen LogP contribution is -2.24. The molecule has 1 aromatic rings. The Morgan fingerprint density at radius 2 is 1.94 bits per heavy atom. The summed E-state index contributed by atoms with van der Waals surface area (Å²) in [4.78, 5) is 10.9. The molecule has 94 valence electrons. The maximum absolute atomic E-state index is 10.9.